The van der Waals surface area contributed by atoms with Gasteiger partial charge < -0.3 is 10.4 Å². The number of carboxylic acid groups (broad SMARTS) is 1. The van der Waals surface area contributed by atoms with Crippen LogP contribution in [0, 0.1) is 0 Å². The summed E-state index contributed by atoms with van der Waals surface area (Å²) in [5.41, 5.74) is 0.414. The Hall–Kier alpha value is -1.92. The third-order valence-electron chi connectivity index (χ3n) is 2.58. The lowest BCUT2D eigenvalue weighted by Gasteiger charge is -2.13. The highest BCUT2D eigenvalue weighted by Gasteiger charge is 2.24. The zero-order valence-corrected chi connectivity index (χ0v) is 10.8. The fourth-order valence-electron chi connectivity index (χ4n) is 1.69. The normalized spacial score (nSPS) is 12.2. The first-order valence-corrected chi connectivity index (χ1v) is 5.97. The number of hydrogen-bond donors (Lipinski definition) is 2. The first-order valence-electron chi connectivity index (χ1n) is 5.97. The number of aromatic nitrogens is 3. The maximum absolute atomic E-state index is 11.7. The Balaban J connectivity index is 3.08. The molecule has 1 atom stereocenters. The lowest BCUT2D eigenvalue weighted by atomic mass is 10.2. The van der Waals surface area contributed by atoms with Crippen molar-refractivity contribution in [3.63, 3.8) is 0 Å². The summed E-state index contributed by atoms with van der Waals surface area (Å²) in [5.74, 6) is -1.32. The van der Waals surface area contributed by atoms with Gasteiger partial charge in [0.25, 0.3) is 0 Å². The van der Waals surface area contributed by atoms with Gasteiger partial charge in [0.2, 0.25) is 5.91 Å². The van der Waals surface area contributed by atoms with Crippen LogP contribution in [0.15, 0.2) is 0 Å². The first kappa shape index (κ1) is 14.1. The molecule has 1 unspecified atom stereocenters. The molecule has 0 aromatic carbocycles. The van der Waals surface area contributed by atoms with E-state index in [0.29, 0.717) is 18.7 Å². The summed E-state index contributed by atoms with van der Waals surface area (Å²) >= 11 is 0. The second kappa shape index (κ2) is 6.13. The second-order valence-corrected chi connectivity index (χ2v) is 3.96. The molecule has 0 bridgehead atoms. The van der Waals surface area contributed by atoms with Crippen LogP contribution in [-0.2, 0) is 11.2 Å². The van der Waals surface area contributed by atoms with Crippen molar-refractivity contribution in [1.82, 2.24) is 20.3 Å². The molecule has 0 spiro atoms. The zero-order chi connectivity index (χ0) is 13.7. The number of carbonyl (C=O) groups excluding carboxylic acids is 1. The topological polar surface area (TPSA) is 97.1 Å². The monoisotopic (exact) mass is 254 g/mol. The minimum atomic E-state index is -1.12. The number of rotatable bonds is 6. The van der Waals surface area contributed by atoms with E-state index >= 15 is 0 Å². The van der Waals surface area contributed by atoms with E-state index < -0.39 is 12.0 Å². The van der Waals surface area contributed by atoms with Gasteiger partial charge in [0.15, 0.2) is 5.69 Å². The Morgan fingerprint density at radius 1 is 1.44 bits per heavy atom. The number of carboxylic acids is 1. The van der Waals surface area contributed by atoms with Crippen LogP contribution >= 0.6 is 0 Å². The van der Waals surface area contributed by atoms with Crippen molar-refractivity contribution in [2.45, 2.75) is 39.7 Å². The fraction of sp³-hybridized carbons (Fsp3) is 0.636. The fourth-order valence-corrected chi connectivity index (χ4v) is 1.69. The largest absolute Gasteiger partial charge is 0.476 e. The smallest absolute Gasteiger partial charge is 0.358 e. The highest BCUT2D eigenvalue weighted by atomic mass is 16.4. The van der Waals surface area contributed by atoms with Gasteiger partial charge in [0.05, 0.1) is 5.69 Å². The molecule has 7 nitrogen and oxygen atoms in total. The SMILES string of the molecule is CCCc1c(C(=O)O)nnn1C(C)C(=O)NCC. The van der Waals surface area contributed by atoms with Crippen LogP contribution in [0.1, 0.15) is 49.4 Å². The van der Waals surface area contributed by atoms with E-state index in [1.165, 1.54) is 4.68 Å². The maximum Gasteiger partial charge on any atom is 0.358 e. The molecule has 1 rings (SSSR count). The van der Waals surface area contributed by atoms with Gasteiger partial charge in [-0.2, -0.15) is 0 Å². The lowest BCUT2D eigenvalue weighted by molar-refractivity contribution is -0.124. The van der Waals surface area contributed by atoms with Crippen LogP contribution in [0.5, 0.6) is 0 Å². The molecule has 1 aromatic heterocycles. The average Bonchev–Trinajstić information content (AvgIpc) is 2.72. The summed E-state index contributed by atoms with van der Waals surface area (Å²) in [7, 11) is 0. The van der Waals surface area contributed by atoms with Crippen LogP contribution in [0.3, 0.4) is 0 Å². The molecule has 0 aliphatic carbocycles. The molecule has 0 saturated carbocycles. The Morgan fingerprint density at radius 2 is 2.11 bits per heavy atom. The molecular weight excluding hydrogens is 236 g/mol. The Morgan fingerprint density at radius 3 is 2.61 bits per heavy atom. The van der Waals surface area contributed by atoms with Gasteiger partial charge in [0.1, 0.15) is 6.04 Å². The van der Waals surface area contributed by atoms with Gasteiger partial charge >= 0.3 is 5.97 Å². The third-order valence-corrected chi connectivity index (χ3v) is 2.58. The van der Waals surface area contributed by atoms with Gasteiger partial charge in [-0.15, -0.1) is 5.10 Å². The van der Waals surface area contributed by atoms with Crippen molar-refractivity contribution in [2.75, 3.05) is 6.54 Å². The van der Waals surface area contributed by atoms with E-state index in [1.54, 1.807) is 6.92 Å². The number of nitrogens with one attached hydrogen (secondary N) is 1. The van der Waals surface area contributed by atoms with Crippen molar-refractivity contribution in [1.29, 1.82) is 0 Å². The predicted octanol–water partition coefficient (Wildman–Crippen LogP) is 0.626. The van der Waals surface area contributed by atoms with Gasteiger partial charge in [-0.05, 0) is 20.3 Å². The molecule has 2 N–H and O–H groups in total. The molecule has 18 heavy (non-hydrogen) atoms. The van der Waals surface area contributed by atoms with Crippen LogP contribution in [-0.4, -0.2) is 38.5 Å². The van der Waals surface area contributed by atoms with E-state index in [-0.39, 0.29) is 11.6 Å². The lowest BCUT2D eigenvalue weighted by Crippen LogP contribution is -2.32. The van der Waals surface area contributed by atoms with E-state index in [4.69, 9.17) is 5.11 Å². The molecule has 0 aliphatic heterocycles. The summed E-state index contributed by atoms with van der Waals surface area (Å²) in [4.78, 5) is 22.7. The number of likely N-dealkylation sites (N-methyl/N-ethyl adjacent to an activating group) is 1. The molecule has 7 heteroatoms. The maximum atomic E-state index is 11.7. The predicted molar refractivity (Wildman–Crippen MR) is 64.4 cm³/mol. The van der Waals surface area contributed by atoms with Crippen LogP contribution < -0.4 is 5.32 Å². The number of nitrogens with zero attached hydrogens (tertiary/aromatic N) is 3. The Bertz CT molecular complexity index is 441. The van der Waals surface area contributed by atoms with Gasteiger partial charge in [0, 0.05) is 6.54 Å². The molecule has 1 amide bonds. The molecule has 0 radical (unpaired) electrons. The summed E-state index contributed by atoms with van der Waals surface area (Å²) in [6, 6.07) is -0.563. The minimum absolute atomic E-state index is 0.0759. The Kier molecular flexibility index (Phi) is 4.82. The first-order chi connectivity index (χ1) is 8.52. The van der Waals surface area contributed by atoms with Crippen molar-refractivity contribution in [3.05, 3.63) is 11.4 Å². The number of carbonyl (C=O) groups is 2. The van der Waals surface area contributed by atoms with Crippen LogP contribution in [0.25, 0.3) is 0 Å². The zero-order valence-electron chi connectivity index (χ0n) is 10.8. The molecule has 0 fully saturated rings. The summed E-state index contributed by atoms with van der Waals surface area (Å²) in [6.07, 6.45) is 1.29. The number of aromatic carboxylic acids is 1. The molecular formula is C11H18N4O3. The summed E-state index contributed by atoms with van der Waals surface area (Å²) < 4.78 is 1.39. The van der Waals surface area contributed by atoms with E-state index in [1.807, 2.05) is 13.8 Å². The quantitative estimate of drug-likeness (QED) is 0.775. The minimum Gasteiger partial charge on any atom is -0.476 e. The van der Waals surface area contributed by atoms with Gasteiger partial charge in [-0.25, -0.2) is 9.48 Å². The standard InChI is InChI=1S/C11H18N4O3/c1-4-6-8-9(11(17)18)13-14-15(8)7(3)10(16)12-5-2/h7H,4-6H2,1-3H3,(H,12,16)(H,17,18). The molecule has 0 saturated heterocycles. The molecule has 1 heterocycles. The highest BCUT2D eigenvalue weighted by molar-refractivity contribution is 5.87. The Labute approximate surface area is 105 Å². The van der Waals surface area contributed by atoms with Crippen molar-refractivity contribution in [3.8, 4) is 0 Å². The van der Waals surface area contributed by atoms with E-state index in [0.717, 1.165) is 6.42 Å². The van der Waals surface area contributed by atoms with Crippen molar-refractivity contribution >= 4 is 11.9 Å². The molecule has 100 valence electrons. The summed E-state index contributed by atoms with van der Waals surface area (Å²) in [6.45, 7) is 5.94. The average molecular weight is 254 g/mol. The number of hydrogen-bond acceptors (Lipinski definition) is 4. The molecule has 0 aliphatic rings. The van der Waals surface area contributed by atoms with Crippen LogP contribution in [0.4, 0.5) is 0 Å². The van der Waals surface area contributed by atoms with Gasteiger partial charge in [-0.1, -0.05) is 18.6 Å². The van der Waals surface area contributed by atoms with Crippen LogP contribution in [0.2, 0.25) is 0 Å². The van der Waals surface area contributed by atoms with Crippen molar-refractivity contribution in [2.24, 2.45) is 0 Å². The van der Waals surface area contributed by atoms with E-state index in [2.05, 4.69) is 15.6 Å². The third kappa shape index (κ3) is 2.85. The van der Waals surface area contributed by atoms with Gasteiger partial charge in [-0.3, -0.25) is 4.79 Å². The molecule has 1 aromatic rings. The highest BCUT2D eigenvalue weighted by Crippen LogP contribution is 2.14. The van der Waals surface area contributed by atoms with E-state index in [9.17, 15) is 9.59 Å². The summed E-state index contributed by atoms with van der Waals surface area (Å²) in [5, 5.41) is 19.1. The number of amides is 1. The van der Waals surface area contributed by atoms with Crippen molar-refractivity contribution < 1.29 is 14.7 Å². The second-order valence-electron chi connectivity index (χ2n) is 3.96.